The highest BCUT2D eigenvalue weighted by Gasteiger charge is 2.29. The highest BCUT2D eigenvalue weighted by Crippen LogP contribution is 2.34. The summed E-state index contributed by atoms with van der Waals surface area (Å²) in [5.41, 5.74) is 3.59. The molecule has 0 aromatic heterocycles. The minimum absolute atomic E-state index is 0.152. The van der Waals surface area contributed by atoms with Crippen LogP contribution in [0.4, 0.5) is 0 Å². The lowest BCUT2D eigenvalue weighted by Crippen LogP contribution is -2.28. The van der Waals surface area contributed by atoms with E-state index in [0.717, 1.165) is 5.56 Å². The lowest BCUT2D eigenvalue weighted by atomic mass is 10.1. The molecule has 0 fully saturated rings. The third-order valence-electron chi connectivity index (χ3n) is 4.71. The maximum atomic E-state index is 12.6. The van der Waals surface area contributed by atoms with E-state index < -0.39 is 0 Å². The van der Waals surface area contributed by atoms with Crippen LogP contribution in [0.5, 0.6) is 11.5 Å². The first-order chi connectivity index (χ1) is 11.6. The third kappa shape index (κ3) is 3.09. The van der Waals surface area contributed by atoms with Gasteiger partial charge in [-0.1, -0.05) is 30.3 Å². The molecule has 0 bridgehead atoms. The first-order valence-electron chi connectivity index (χ1n) is 8.22. The molecule has 1 amide bonds. The SMILES string of the molecule is COc1ccc(CCC(=O)N2Cc3ccccc3[C@H]2C)cc1OC. The summed E-state index contributed by atoms with van der Waals surface area (Å²) < 4.78 is 10.6. The molecule has 0 N–H and O–H groups in total. The van der Waals surface area contributed by atoms with E-state index in [1.165, 1.54) is 11.1 Å². The minimum Gasteiger partial charge on any atom is -0.493 e. The standard InChI is InChI=1S/C20H23NO3/c1-14-17-7-5-4-6-16(17)13-21(14)20(22)11-9-15-8-10-18(23-2)19(12-15)24-3/h4-8,10,12,14H,9,11,13H2,1-3H3/t14-/m1/s1. The van der Waals surface area contributed by atoms with Crippen molar-refractivity contribution in [3.05, 3.63) is 59.2 Å². The number of benzene rings is 2. The molecule has 4 nitrogen and oxygen atoms in total. The maximum absolute atomic E-state index is 12.6. The van der Waals surface area contributed by atoms with Gasteiger partial charge in [-0.3, -0.25) is 4.79 Å². The Hall–Kier alpha value is -2.49. The van der Waals surface area contributed by atoms with Crippen molar-refractivity contribution in [1.29, 1.82) is 0 Å². The summed E-state index contributed by atoms with van der Waals surface area (Å²) in [6, 6.07) is 14.2. The topological polar surface area (TPSA) is 38.8 Å². The number of rotatable bonds is 5. The molecule has 2 aromatic rings. The van der Waals surface area contributed by atoms with Crippen molar-refractivity contribution >= 4 is 5.91 Å². The van der Waals surface area contributed by atoms with Gasteiger partial charge in [0.25, 0.3) is 0 Å². The van der Waals surface area contributed by atoms with Gasteiger partial charge in [0.2, 0.25) is 5.91 Å². The van der Waals surface area contributed by atoms with Crippen LogP contribution in [0, 0.1) is 0 Å². The molecule has 2 aromatic carbocycles. The molecule has 126 valence electrons. The molecule has 4 heteroatoms. The number of fused-ring (bicyclic) bond motifs is 1. The predicted octanol–water partition coefficient (Wildman–Crippen LogP) is 3.74. The van der Waals surface area contributed by atoms with Gasteiger partial charge in [-0.05, 0) is 42.2 Å². The Kier molecular flexibility index (Phi) is 4.74. The van der Waals surface area contributed by atoms with Crippen LogP contribution in [0.2, 0.25) is 0 Å². The number of hydrogen-bond donors (Lipinski definition) is 0. The highest BCUT2D eigenvalue weighted by atomic mass is 16.5. The predicted molar refractivity (Wildman–Crippen MR) is 93.3 cm³/mol. The van der Waals surface area contributed by atoms with Crippen LogP contribution in [-0.4, -0.2) is 25.0 Å². The molecule has 1 aliphatic heterocycles. The lowest BCUT2D eigenvalue weighted by Gasteiger charge is -2.22. The zero-order chi connectivity index (χ0) is 17.1. The quantitative estimate of drug-likeness (QED) is 0.840. The molecule has 0 saturated carbocycles. The van der Waals surface area contributed by atoms with E-state index in [-0.39, 0.29) is 11.9 Å². The molecular weight excluding hydrogens is 302 g/mol. The molecule has 0 spiro atoms. The fourth-order valence-electron chi connectivity index (χ4n) is 3.31. The lowest BCUT2D eigenvalue weighted by molar-refractivity contribution is -0.133. The molecule has 0 radical (unpaired) electrons. The zero-order valence-electron chi connectivity index (χ0n) is 14.4. The number of carbonyl (C=O) groups is 1. The van der Waals surface area contributed by atoms with Crippen LogP contribution in [0.3, 0.4) is 0 Å². The molecule has 3 rings (SSSR count). The summed E-state index contributed by atoms with van der Waals surface area (Å²) in [4.78, 5) is 14.6. The summed E-state index contributed by atoms with van der Waals surface area (Å²) in [6.45, 7) is 2.81. The van der Waals surface area contributed by atoms with E-state index in [4.69, 9.17) is 9.47 Å². The van der Waals surface area contributed by atoms with E-state index >= 15 is 0 Å². The zero-order valence-corrected chi connectivity index (χ0v) is 14.4. The number of aryl methyl sites for hydroxylation is 1. The fraction of sp³-hybridized carbons (Fsp3) is 0.350. The molecule has 0 aliphatic carbocycles. The highest BCUT2D eigenvalue weighted by molar-refractivity contribution is 5.78. The summed E-state index contributed by atoms with van der Waals surface area (Å²) in [7, 11) is 3.24. The van der Waals surface area contributed by atoms with Crippen molar-refractivity contribution in [3.8, 4) is 11.5 Å². The number of amides is 1. The van der Waals surface area contributed by atoms with E-state index in [9.17, 15) is 4.79 Å². The van der Waals surface area contributed by atoms with Gasteiger partial charge in [0.15, 0.2) is 11.5 Å². The Balaban J connectivity index is 1.65. The Bertz CT molecular complexity index is 741. The number of methoxy groups -OCH3 is 2. The smallest absolute Gasteiger partial charge is 0.223 e. The average Bonchev–Trinajstić information content (AvgIpc) is 2.96. The molecule has 1 heterocycles. The second-order valence-electron chi connectivity index (χ2n) is 6.09. The second kappa shape index (κ2) is 6.95. The number of carbonyl (C=O) groups excluding carboxylic acids is 1. The Morgan fingerprint density at radius 2 is 1.88 bits per heavy atom. The van der Waals surface area contributed by atoms with Gasteiger partial charge in [0.1, 0.15) is 0 Å². The van der Waals surface area contributed by atoms with Gasteiger partial charge < -0.3 is 14.4 Å². The minimum atomic E-state index is 0.152. The van der Waals surface area contributed by atoms with Gasteiger partial charge in [-0.15, -0.1) is 0 Å². The van der Waals surface area contributed by atoms with Crippen LogP contribution in [0.15, 0.2) is 42.5 Å². The van der Waals surface area contributed by atoms with Crippen LogP contribution in [0.1, 0.15) is 36.1 Å². The fourth-order valence-corrected chi connectivity index (χ4v) is 3.31. The van der Waals surface area contributed by atoms with Crippen molar-refractivity contribution in [2.45, 2.75) is 32.4 Å². The maximum Gasteiger partial charge on any atom is 0.223 e. The Labute approximate surface area is 143 Å². The van der Waals surface area contributed by atoms with Crippen LogP contribution >= 0.6 is 0 Å². The van der Waals surface area contributed by atoms with Gasteiger partial charge in [-0.25, -0.2) is 0 Å². The van der Waals surface area contributed by atoms with Gasteiger partial charge >= 0.3 is 0 Å². The van der Waals surface area contributed by atoms with E-state index in [1.54, 1.807) is 14.2 Å². The number of hydrogen-bond acceptors (Lipinski definition) is 3. The van der Waals surface area contributed by atoms with Crippen molar-refractivity contribution < 1.29 is 14.3 Å². The average molecular weight is 325 g/mol. The summed E-state index contributed by atoms with van der Waals surface area (Å²) in [5.74, 6) is 1.59. The molecular formula is C20H23NO3. The van der Waals surface area contributed by atoms with Crippen molar-refractivity contribution in [2.75, 3.05) is 14.2 Å². The molecule has 24 heavy (non-hydrogen) atoms. The van der Waals surface area contributed by atoms with E-state index in [2.05, 4.69) is 19.1 Å². The summed E-state index contributed by atoms with van der Waals surface area (Å²) >= 11 is 0. The molecule has 0 unspecified atom stereocenters. The van der Waals surface area contributed by atoms with Gasteiger partial charge in [0.05, 0.1) is 20.3 Å². The van der Waals surface area contributed by atoms with Gasteiger partial charge in [0, 0.05) is 13.0 Å². The second-order valence-corrected chi connectivity index (χ2v) is 6.09. The van der Waals surface area contributed by atoms with E-state index in [0.29, 0.717) is 30.9 Å². The first-order valence-corrected chi connectivity index (χ1v) is 8.22. The van der Waals surface area contributed by atoms with Crippen molar-refractivity contribution in [2.24, 2.45) is 0 Å². The molecule has 1 aliphatic rings. The van der Waals surface area contributed by atoms with Gasteiger partial charge in [-0.2, -0.15) is 0 Å². The monoisotopic (exact) mass is 325 g/mol. The van der Waals surface area contributed by atoms with Crippen LogP contribution in [0.25, 0.3) is 0 Å². The molecule has 1 atom stereocenters. The normalized spacial score (nSPS) is 16.0. The van der Waals surface area contributed by atoms with Crippen molar-refractivity contribution in [3.63, 3.8) is 0 Å². The third-order valence-corrected chi connectivity index (χ3v) is 4.71. The summed E-state index contributed by atoms with van der Waals surface area (Å²) in [6.07, 6.45) is 1.19. The Morgan fingerprint density at radius 3 is 2.58 bits per heavy atom. The number of ether oxygens (including phenoxy) is 2. The van der Waals surface area contributed by atoms with Crippen molar-refractivity contribution in [1.82, 2.24) is 4.90 Å². The van der Waals surface area contributed by atoms with E-state index in [1.807, 2.05) is 35.2 Å². The Morgan fingerprint density at radius 1 is 1.12 bits per heavy atom. The summed E-state index contributed by atoms with van der Waals surface area (Å²) in [5, 5.41) is 0. The first kappa shape index (κ1) is 16.4. The number of nitrogens with zero attached hydrogens (tertiary/aromatic N) is 1. The van der Waals surface area contributed by atoms with Crippen LogP contribution < -0.4 is 9.47 Å². The molecule has 0 saturated heterocycles. The largest absolute Gasteiger partial charge is 0.493 e. The van der Waals surface area contributed by atoms with Crippen LogP contribution in [-0.2, 0) is 17.8 Å².